The summed E-state index contributed by atoms with van der Waals surface area (Å²) in [5, 5.41) is 6.98. The zero-order valence-electron chi connectivity index (χ0n) is 12.5. The van der Waals surface area contributed by atoms with Crippen molar-refractivity contribution >= 4 is 16.8 Å². The highest BCUT2D eigenvalue weighted by molar-refractivity contribution is 5.98. The fourth-order valence-corrected chi connectivity index (χ4v) is 2.70. The Morgan fingerprint density at radius 1 is 1.09 bits per heavy atom. The summed E-state index contributed by atoms with van der Waals surface area (Å²) in [6.45, 7) is 1.56. The van der Waals surface area contributed by atoms with Crippen molar-refractivity contribution in [1.82, 2.24) is 19.7 Å². The van der Waals surface area contributed by atoms with Gasteiger partial charge >= 0.3 is 0 Å². The van der Waals surface area contributed by atoms with Crippen LogP contribution in [0.3, 0.4) is 0 Å². The largest absolute Gasteiger partial charge is 0.295 e. The molecule has 23 heavy (non-hydrogen) atoms. The van der Waals surface area contributed by atoms with Crippen LogP contribution < -0.4 is 0 Å². The maximum absolute atomic E-state index is 11.6. The highest BCUT2D eigenvalue weighted by Crippen LogP contribution is 2.28. The minimum absolute atomic E-state index is 0.0317. The molecule has 112 valence electrons. The van der Waals surface area contributed by atoms with Crippen LogP contribution in [-0.4, -0.2) is 25.5 Å². The lowest BCUT2D eigenvalue weighted by molar-refractivity contribution is 0.101. The van der Waals surface area contributed by atoms with Gasteiger partial charge in [0.05, 0.1) is 11.0 Å². The predicted molar refractivity (Wildman–Crippen MR) is 88.7 cm³/mol. The Morgan fingerprint density at radius 2 is 1.91 bits per heavy atom. The number of H-pyrrole nitrogens is 1. The molecule has 0 spiro atoms. The number of fused-ring (bicyclic) bond motifs is 1. The number of rotatable bonds is 3. The number of benzene rings is 2. The lowest BCUT2D eigenvalue weighted by Gasteiger charge is -2.08. The summed E-state index contributed by atoms with van der Waals surface area (Å²) in [6.07, 6.45) is 1.70. The Balaban J connectivity index is 2.05. The molecule has 0 saturated heterocycles. The van der Waals surface area contributed by atoms with E-state index in [-0.39, 0.29) is 5.78 Å². The SMILES string of the molecule is CC(=O)c1ccc2c(c1)nc(-c1ccn[nH]1)n2-c1ccccc1. The molecule has 1 N–H and O–H groups in total. The smallest absolute Gasteiger partial charge is 0.163 e. The first-order chi connectivity index (χ1) is 11.2. The summed E-state index contributed by atoms with van der Waals surface area (Å²) in [5.74, 6) is 0.800. The van der Waals surface area contributed by atoms with Gasteiger partial charge in [0.25, 0.3) is 0 Å². The summed E-state index contributed by atoms with van der Waals surface area (Å²) < 4.78 is 2.06. The molecule has 4 rings (SSSR count). The van der Waals surface area contributed by atoms with Crippen LogP contribution in [0, 0.1) is 0 Å². The van der Waals surface area contributed by atoms with Crippen molar-refractivity contribution in [2.24, 2.45) is 0 Å². The van der Waals surface area contributed by atoms with Crippen LogP contribution in [0.1, 0.15) is 17.3 Å². The molecule has 2 aromatic carbocycles. The molecule has 0 atom stereocenters. The van der Waals surface area contributed by atoms with E-state index >= 15 is 0 Å². The van der Waals surface area contributed by atoms with Gasteiger partial charge in [0.15, 0.2) is 11.6 Å². The highest BCUT2D eigenvalue weighted by atomic mass is 16.1. The Morgan fingerprint density at radius 3 is 2.61 bits per heavy atom. The molecule has 5 nitrogen and oxygen atoms in total. The molecule has 0 unspecified atom stereocenters. The molecule has 0 aliphatic carbocycles. The molecular formula is C18H14N4O. The van der Waals surface area contributed by atoms with Gasteiger partial charge in [-0.3, -0.25) is 14.5 Å². The van der Waals surface area contributed by atoms with Crippen LogP contribution in [0.25, 0.3) is 28.2 Å². The summed E-state index contributed by atoms with van der Waals surface area (Å²) in [4.78, 5) is 16.3. The zero-order valence-corrected chi connectivity index (χ0v) is 12.5. The predicted octanol–water partition coefficient (Wildman–Crippen LogP) is 3.62. The third kappa shape index (κ3) is 2.23. The molecule has 2 aromatic heterocycles. The van der Waals surface area contributed by atoms with E-state index in [4.69, 9.17) is 4.98 Å². The summed E-state index contributed by atoms with van der Waals surface area (Å²) in [6, 6.07) is 17.5. The molecule has 2 heterocycles. The van der Waals surface area contributed by atoms with Gasteiger partial charge in [0.2, 0.25) is 0 Å². The normalized spacial score (nSPS) is 11.0. The van der Waals surface area contributed by atoms with Crippen molar-refractivity contribution in [2.45, 2.75) is 6.92 Å². The maximum Gasteiger partial charge on any atom is 0.163 e. The molecule has 0 aliphatic heterocycles. The number of aromatic nitrogens is 4. The number of aromatic amines is 1. The number of hydrogen-bond acceptors (Lipinski definition) is 3. The van der Waals surface area contributed by atoms with Gasteiger partial charge in [-0.25, -0.2) is 4.98 Å². The van der Waals surface area contributed by atoms with E-state index in [2.05, 4.69) is 14.8 Å². The number of nitrogens with zero attached hydrogens (tertiary/aromatic N) is 3. The van der Waals surface area contributed by atoms with Crippen molar-refractivity contribution < 1.29 is 4.79 Å². The van der Waals surface area contributed by atoms with E-state index in [9.17, 15) is 4.79 Å². The van der Waals surface area contributed by atoms with E-state index in [0.717, 1.165) is 28.2 Å². The molecule has 0 radical (unpaired) electrons. The fourth-order valence-electron chi connectivity index (χ4n) is 2.70. The van der Waals surface area contributed by atoms with Gasteiger partial charge in [-0.05, 0) is 43.3 Å². The topological polar surface area (TPSA) is 63.6 Å². The number of ketones is 1. The third-order valence-corrected chi connectivity index (χ3v) is 3.82. The fraction of sp³-hybridized carbons (Fsp3) is 0.0556. The summed E-state index contributed by atoms with van der Waals surface area (Å²) >= 11 is 0. The van der Waals surface area contributed by atoms with Crippen molar-refractivity contribution in [3.8, 4) is 17.2 Å². The van der Waals surface area contributed by atoms with Crippen LogP contribution in [0.4, 0.5) is 0 Å². The van der Waals surface area contributed by atoms with Gasteiger partial charge in [0.1, 0.15) is 5.69 Å². The lowest BCUT2D eigenvalue weighted by atomic mass is 10.1. The van der Waals surface area contributed by atoms with Gasteiger partial charge in [-0.1, -0.05) is 18.2 Å². The Hall–Kier alpha value is -3.21. The second kappa shape index (κ2) is 5.21. The molecule has 4 aromatic rings. The Labute approximate surface area is 132 Å². The number of para-hydroxylation sites is 1. The van der Waals surface area contributed by atoms with Gasteiger partial charge in [-0.2, -0.15) is 5.10 Å². The summed E-state index contributed by atoms with van der Waals surface area (Å²) in [5.41, 5.74) is 4.23. The number of carbonyl (C=O) groups is 1. The van der Waals surface area contributed by atoms with E-state index in [1.54, 1.807) is 13.1 Å². The van der Waals surface area contributed by atoms with Crippen molar-refractivity contribution in [2.75, 3.05) is 0 Å². The molecule has 0 saturated carbocycles. The zero-order chi connectivity index (χ0) is 15.8. The second-order valence-electron chi connectivity index (χ2n) is 5.34. The standard InChI is InChI=1S/C18H14N4O/c1-12(23)13-7-8-17-16(11-13)20-18(15-9-10-19-21-15)22(17)14-5-3-2-4-6-14/h2-11H,1H3,(H,19,21). The molecule has 5 heteroatoms. The highest BCUT2D eigenvalue weighted by Gasteiger charge is 2.16. The minimum atomic E-state index is 0.0317. The number of imidazole rings is 1. The monoisotopic (exact) mass is 302 g/mol. The molecule has 0 fully saturated rings. The second-order valence-corrected chi connectivity index (χ2v) is 5.34. The van der Waals surface area contributed by atoms with E-state index in [0.29, 0.717) is 5.56 Å². The van der Waals surface area contributed by atoms with Gasteiger partial charge < -0.3 is 0 Å². The first-order valence-electron chi connectivity index (χ1n) is 7.32. The average molecular weight is 302 g/mol. The van der Waals surface area contributed by atoms with Crippen molar-refractivity contribution in [3.05, 3.63) is 66.4 Å². The maximum atomic E-state index is 11.6. The van der Waals surface area contributed by atoms with Crippen LogP contribution in [0.5, 0.6) is 0 Å². The summed E-state index contributed by atoms with van der Waals surface area (Å²) in [7, 11) is 0. The van der Waals surface area contributed by atoms with Gasteiger partial charge in [0, 0.05) is 17.4 Å². The lowest BCUT2D eigenvalue weighted by Crippen LogP contribution is -1.97. The third-order valence-electron chi connectivity index (χ3n) is 3.82. The quantitative estimate of drug-likeness (QED) is 0.588. The Bertz CT molecular complexity index is 985. The number of carbonyl (C=O) groups excluding carboxylic acids is 1. The Kier molecular flexibility index (Phi) is 3.05. The van der Waals surface area contributed by atoms with E-state index < -0.39 is 0 Å². The van der Waals surface area contributed by atoms with Gasteiger partial charge in [-0.15, -0.1) is 0 Å². The first kappa shape index (κ1) is 13.5. The average Bonchev–Trinajstić information content (AvgIpc) is 3.22. The molecule has 0 aliphatic rings. The molecule has 0 bridgehead atoms. The van der Waals surface area contributed by atoms with Crippen LogP contribution in [-0.2, 0) is 0 Å². The van der Waals surface area contributed by atoms with E-state index in [1.165, 1.54) is 0 Å². The van der Waals surface area contributed by atoms with Crippen LogP contribution in [0.15, 0.2) is 60.8 Å². The van der Waals surface area contributed by atoms with Crippen LogP contribution >= 0.6 is 0 Å². The van der Waals surface area contributed by atoms with E-state index in [1.807, 2.05) is 54.6 Å². The van der Waals surface area contributed by atoms with Crippen molar-refractivity contribution in [3.63, 3.8) is 0 Å². The minimum Gasteiger partial charge on any atom is -0.295 e. The number of nitrogens with one attached hydrogen (secondary N) is 1. The number of Topliss-reactive ketones (excluding diaryl/α,β-unsaturated/α-hetero) is 1. The van der Waals surface area contributed by atoms with Crippen molar-refractivity contribution in [1.29, 1.82) is 0 Å². The molecule has 0 amide bonds. The first-order valence-corrected chi connectivity index (χ1v) is 7.32. The molecular weight excluding hydrogens is 288 g/mol. The number of hydrogen-bond donors (Lipinski definition) is 1. The van der Waals surface area contributed by atoms with Crippen LogP contribution in [0.2, 0.25) is 0 Å².